The van der Waals surface area contributed by atoms with Crippen molar-refractivity contribution < 1.29 is 17.5 Å². The lowest BCUT2D eigenvalue weighted by atomic mass is 9.94. The Bertz CT molecular complexity index is 1510. The lowest BCUT2D eigenvalue weighted by Crippen LogP contribution is -2.30. The van der Waals surface area contributed by atoms with Gasteiger partial charge in [-0.3, -0.25) is 4.72 Å². The van der Waals surface area contributed by atoms with Crippen LogP contribution in [0.3, 0.4) is 0 Å². The molecule has 2 heterocycles. The fourth-order valence-electron chi connectivity index (χ4n) is 4.60. The number of hydrogen-bond donors (Lipinski definition) is 2. The Morgan fingerprint density at radius 2 is 1.60 bits per heavy atom. The third-order valence-electron chi connectivity index (χ3n) is 6.98. The number of sulfonamides is 1. The molecule has 0 spiro atoms. The van der Waals surface area contributed by atoms with Crippen molar-refractivity contribution in [1.29, 1.82) is 0 Å². The van der Waals surface area contributed by atoms with Crippen LogP contribution < -0.4 is 14.8 Å². The Kier molecular flexibility index (Phi) is 8.57. The summed E-state index contributed by atoms with van der Waals surface area (Å²) in [6.07, 6.45) is 5.05. The Morgan fingerprint density at radius 3 is 2.30 bits per heavy atom. The van der Waals surface area contributed by atoms with Gasteiger partial charge in [0.25, 0.3) is 10.0 Å². The molecule has 1 aliphatic heterocycles. The molecule has 4 aromatic rings. The van der Waals surface area contributed by atoms with Crippen molar-refractivity contribution in [2.24, 2.45) is 5.92 Å². The minimum Gasteiger partial charge on any atom is -0.494 e. The van der Waals surface area contributed by atoms with Crippen LogP contribution in [0.5, 0.6) is 5.75 Å². The lowest BCUT2D eigenvalue weighted by molar-refractivity contribution is 0.187. The molecule has 1 saturated heterocycles. The van der Waals surface area contributed by atoms with E-state index in [4.69, 9.17) is 4.74 Å². The third-order valence-corrected chi connectivity index (χ3v) is 8.38. The van der Waals surface area contributed by atoms with Crippen molar-refractivity contribution >= 4 is 27.2 Å². The third kappa shape index (κ3) is 7.34. The van der Waals surface area contributed by atoms with E-state index in [1.54, 1.807) is 24.3 Å². The summed E-state index contributed by atoms with van der Waals surface area (Å²) in [4.78, 5) is 11.1. The number of likely N-dealkylation sites (tertiary alicyclic amines) is 1. The molecule has 208 valence electrons. The highest BCUT2D eigenvalue weighted by atomic mass is 32.2. The van der Waals surface area contributed by atoms with E-state index < -0.39 is 15.8 Å². The van der Waals surface area contributed by atoms with E-state index in [2.05, 4.69) is 32.0 Å². The van der Waals surface area contributed by atoms with Crippen molar-refractivity contribution in [1.82, 2.24) is 14.9 Å². The summed E-state index contributed by atoms with van der Waals surface area (Å²) in [5.74, 6) is 1.69. The topological polar surface area (TPSA) is 96.5 Å². The number of nitrogens with one attached hydrogen (secondary N) is 2. The van der Waals surface area contributed by atoms with Gasteiger partial charge in [0.15, 0.2) is 0 Å². The minimum atomic E-state index is -3.82. The lowest BCUT2D eigenvalue weighted by Gasteiger charge is -2.28. The molecule has 3 aromatic carbocycles. The Balaban J connectivity index is 1.16. The number of halogens is 1. The molecule has 1 aliphatic rings. The molecule has 0 radical (unpaired) electrons. The number of hydrogen-bond acceptors (Lipinski definition) is 7. The van der Waals surface area contributed by atoms with Gasteiger partial charge >= 0.3 is 0 Å². The number of piperidine rings is 1. The number of anilines is 3. The van der Waals surface area contributed by atoms with E-state index in [1.165, 1.54) is 44.4 Å². The number of rotatable bonds is 10. The Labute approximate surface area is 234 Å². The first-order valence-electron chi connectivity index (χ1n) is 13.2. The van der Waals surface area contributed by atoms with Gasteiger partial charge in [-0.2, -0.15) is 0 Å². The molecule has 10 heteroatoms. The second-order valence-electron chi connectivity index (χ2n) is 9.96. The predicted octanol–water partition coefficient (Wildman–Crippen LogP) is 5.94. The zero-order valence-electron chi connectivity index (χ0n) is 22.3. The molecule has 0 bridgehead atoms. The van der Waals surface area contributed by atoms with Gasteiger partial charge < -0.3 is 15.0 Å². The van der Waals surface area contributed by atoms with Crippen LogP contribution in [0.25, 0.3) is 11.3 Å². The SMILES string of the molecule is CN1CCC(CCOc2ccc(-c3cc(Nc4ccc(NS(=O)(=O)c5ccc(F)cc5)cc4)ncn3)cc2)CC1. The standard InChI is InChI=1S/C30H32FN5O3S/c1-36-17-14-22(15-18-36)16-19-39-27-10-2-23(3-11-27)29-20-30(33-21-32-29)34-25-6-8-26(9-7-25)35-40(37,38)28-12-4-24(31)5-13-28/h2-13,20-22,35H,14-19H2,1H3,(H,32,33,34). The largest absolute Gasteiger partial charge is 0.494 e. The van der Waals surface area contributed by atoms with Gasteiger partial charge in [-0.05, 0) is 118 Å². The minimum absolute atomic E-state index is 0.0168. The molecule has 5 rings (SSSR count). The molecule has 0 atom stereocenters. The van der Waals surface area contributed by atoms with E-state index >= 15 is 0 Å². The molecule has 1 aromatic heterocycles. The summed E-state index contributed by atoms with van der Waals surface area (Å²) in [6, 6.07) is 21.2. The highest BCUT2D eigenvalue weighted by molar-refractivity contribution is 7.92. The first-order chi connectivity index (χ1) is 19.3. The van der Waals surface area contributed by atoms with Gasteiger partial charge in [-0.25, -0.2) is 22.8 Å². The van der Waals surface area contributed by atoms with Gasteiger partial charge in [-0.15, -0.1) is 0 Å². The summed E-state index contributed by atoms with van der Waals surface area (Å²) in [5.41, 5.74) is 2.81. The first-order valence-corrected chi connectivity index (χ1v) is 14.7. The monoisotopic (exact) mass is 561 g/mol. The average Bonchev–Trinajstić information content (AvgIpc) is 2.96. The van der Waals surface area contributed by atoms with Crippen LogP contribution in [0.1, 0.15) is 19.3 Å². The zero-order valence-corrected chi connectivity index (χ0v) is 23.1. The normalized spacial score (nSPS) is 14.6. The molecular formula is C30H32FN5O3S. The van der Waals surface area contributed by atoms with E-state index in [9.17, 15) is 12.8 Å². The zero-order chi connectivity index (χ0) is 28.0. The second kappa shape index (κ2) is 12.4. The summed E-state index contributed by atoms with van der Waals surface area (Å²) >= 11 is 0. The molecule has 0 aliphatic carbocycles. The Hall–Kier alpha value is -4.02. The highest BCUT2D eigenvalue weighted by Crippen LogP contribution is 2.26. The number of nitrogens with zero attached hydrogens (tertiary/aromatic N) is 3. The summed E-state index contributed by atoms with van der Waals surface area (Å²) in [6.45, 7) is 3.06. The van der Waals surface area contributed by atoms with E-state index in [0.717, 1.165) is 53.8 Å². The number of benzene rings is 3. The van der Waals surface area contributed by atoms with Gasteiger partial charge in [0, 0.05) is 23.0 Å². The van der Waals surface area contributed by atoms with Gasteiger partial charge in [0.05, 0.1) is 17.2 Å². The van der Waals surface area contributed by atoms with Crippen LogP contribution in [0.2, 0.25) is 0 Å². The van der Waals surface area contributed by atoms with Crippen molar-refractivity contribution in [3.05, 3.63) is 91.0 Å². The number of aromatic nitrogens is 2. The molecule has 1 fully saturated rings. The highest BCUT2D eigenvalue weighted by Gasteiger charge is 2.17. The maximum atomic E-state index is 13.1. The number of ether oxygens (including phenoxy) is 1. The van der Waals surface area contributed by atoms with Crippen molar-refractivity contribution in [2.45, 2.75) is 24.2 Å². The first kappa shape index (κ1) is 27.5. The second-order valence-corrected chi connectivity index (χ2v) is 11.6. The Morgan fingerprint density at radius 1 is 0.925 bits per heavy atom. The predicted molar refractivity (Wildman–Crippen MR) is 155 cm³/mol. The van der Waals surface area contributed by atoms with Crippen LogP contribution in [-0.2, 0) is 10.0 Å². The quantitative estimate of drug-likeness (QED) is 0.247. The molecule has 2 N–H and O–H groups in total. The van der Waals surface area contributed by atoms with Crippen molar-refractivity contribution in [2.75, 3.05) is 36.8 Å². The molecule has 8 nitrogen and oxygen atoms in total. The van der Waals surface area contributed by atoms with Gasteiger partial charge in [0.1, 0.15) is 23.7 Å². The smallest absolute Gasteiger partial charge is 0.261 e. The van der Waals surface area contributed by atoms with Gasteiger partial charge in [0.2, 0.25) is 0 Å². The summed E-state index contributed by atoms with van der Waals surface area (Å²) in [5, 5.41) is 3.22. The van der Waals surface area contributed by atoms with Crippen LogP contribution in [0.4, 0.5) is 21.6 Å². The van der Waals surface area contributed by atoms with Crippen molar-refractivity contribution in [3.8, 4) is 17.0 Å². The molecule has 0 saturated carbocycles. The fraction of sp³-hybridized carbons (Fsp3) is 0.267. The van der Waals surface area contributed by atoms with E-state index in [-0.39, 0.29) is 4.90 Å². The fourth-order valence-corrected chi connectivity index (χ4v) is 5.66. The van der Waals surface area contributed by atoms with Crippen LogP contribution in [-0.4, -0.2) is 50.0 Å². The maximum absolute atomic E-state index is 13.1. The average molecular weight is 562 g/mol. The maximum Gasteiger partial charge on any atom is 0.261 e. The molecule has 0 amide bonds. The summed E-state index contributed by atoms with van der Waals surface area (Å²) < 4.78 is 46.7. The van der Waals surface area contributed by atoms with E-state index in [0.29, 0.717) is 11.5 Å². The summed E-state index contributed by atoms with van der Waals surface area (Å²) in [7, 11) is -1.65. The molecular weight excluding hydrogens is 529 g/mol. The van der Waals surface area contributed by atoms with Crippen LogP contribution in [0, 0.1) is 11.7 Å². The van der Waals surface area contributed by atoms with Gasteiger partial charge in [-0.1, -0.05) is 0 Å². The van der Waals surface area contributed by atoms with E-state index in [1.807, 2.05) is 30.3 Å². The van der Waals surface area contributed by atoms with Crippen molar-refractivity contribution in [3.63, 3.8) is 0 Å². The van der Waals surface area contributed by atoms with Crippen LogP contribution >= 0.6 is 0 Å². The molecule has 40 heavy (non-hydrogen) atoms. The molecule has 0 unspecified atom stereocenters. The van der Waals surface area contributed by atoms with Crippen LogP contribution in [0.15, 0.2) is 90.1 Å².